The van der Waals surface area contributed by atoms with E-state index in [1.807, 2.05) is 0 Å². The standard InChI is InChI=1S/C11H19NO2/c13-11(10-7-4-8-12-10)14-9-5-2-1-3-6-9/h9-10,12H,1-8H2/t10-/m0/s1. The average molecular weight is 197 g/mol. The maximum Gasteiger partial charge on any atom is 0.323 e. The van der Waals surface area contributed by atoms with Gasteiger partial charge in [-0.3, -0.25) is 4.79 Å². The zero-order chi connectivity index (χ0) is 9.80. The molecule has 1 aliphatic carbocycles. The van der Waals surface area contributed by atoms with Crippen LogP contribution < -0.4 is 5.32 Å². The normalized spacial score (nSPS) is 29.0. The van der Waals surface area contributed by atoms with Crippen LogP contribution in [0.25, 0.3) is 0 Å². The molecule has 0 unspecified atom stereocenters. The molecule has 0 aromatic heterocycles. The van der Waals surface area contributed by atoms with Crippen molar-refractivity contribution in [2.75, 3.05) is 6.54 Å². The molecule has 1 saturated carbocycles. The van der Waals surface area contributed by atoms with Crippen LogP contribution in [0, 0.1) is 0 Å². The molecule has 0 spiro atoms. The molecule has 1 N–H and O–H groups in total. The molecule has 1 atom stereocenters. The number of carbonyl (C=O) groups excluding carboxylic acids is 1. The van der Waals surface area contributed by atoms with Crippen LogP contribution in [0.5, 0.6) is 0 Å². The predicted molar refractivity (Wildman–Crippen MR) is 54.0 cm³/mol. The fraction of sp³-hybridized carbons (Fsp3) is 0.909. The number of nitrogens with one attached hydrogen (secondary N) is 1. The molecule has 3 nitrogen and oxygen atoms in total. The van der Waals surface area contributed by atoms with E-state index in [1.54, 1.807) is 0 Å². The number of carbonyl (C=O) groups is 1. The number of ether oxygens (including phenoxy) is 1. The summed E-state index contributed by atoms with van der Waals surface area (Å²) in [5, 5.41) is 3.17. The third kappa shape index (κ3) is 2.47. The summed E-state index contributed by atoms with van der Waals surface area (Å²) in [6, 6.07) is -0.0167. The van der Waals surface area contributed by atoms with Gasteiger partial charge < -0.3 is 10.1 Å². The molecule has 1 saturated heterocycles. The molecule has 14 heavy (non-hydrogen) atoms. The summed E-state index contributed by atoms with van der Waals surface area (Å²) in [5.74, 6) is -0.0191. The zero-order valence-corrected chi connectivity index (χ0v) is 8.63. The van der Waals surface area contributed by atoms with Crippen LogP contribution in [-0.2, 0) is 9.53 Å². The molecule has 2 aliphatic rings. The fourth-order valence-electron chi connectivity index (χ4n) is 2.32. The molecule has 2 rings (SSSR count). The Labute approximate surface area is 85.2 Å². The van der Waals surface area contributed by atoms with Crippen LogP contribution >= 0.6 is 0 Å². The van der Waals surface area contributed by atoms with Gasteiger partial charge in [0.25, 0.3) is 0 Å². The van der Waals surface area contributed by atoms with Gasteiger partial charge in [0, 0.05) is 0 Å². The van der Waals surface area contributed by atoms with Crippen molar-refractivity contribution in [3.05, 3.63) is 0 Å². The fourth-order valence-corrected chi connectivity index (χ4v) is 2.32. The summed E-state index contributed by atoms with van der Waals surface area (Å²) >= 11 is 0. The number of esters is 1. The van der Waals surface area contributed by atoms with Crippen LogP contribution in [0.1, 0.15) is 44.9 Å². The van der Waals surface area contributed by atoms with Crippen LogP contribution in [0.4, 0.5) is 0 Å². The topological polar surface area (TPSA) is 38.3 Å². The minimum atomic E-state index is -0.0191. The van der Waals surface area contributed by atoms with Gasteiger partial charge in [-0.2, -0.15) is 0 Å². The first-order chi connectivity index (χ1) is 6.86. The Morgan fingerprint density at radius 3 is 2.50 bits per heavy atom. The third-order valence-electron chi connectivity index (χ3n) is 3.18. The summed E-state index contributed by atoms with van der Waals surface area (Å²) in [4.78, 5) is 11.6. The second kappa shape index (κ2) is 4.78. The Balaban J connectivity index is 1.75. The Bertz CT molecular complexity index is 193. The number of rotatable bonds is 2. The molecule has 0 radical (unpaired) electrons. The highest BCUT2D eigenvalue weighted by Crippen LogP contribution is 2.21. The van der Waals surface area contributed by atoms with E-state index in [2.05, 4.69) is 5.32 Å². The van der Waals surface area contributed by atoms with Crippen molar-refractivity contribution < 1.29 is 9.53 Å². The molecular weight excluding hydrogens is 178 g/mol. The van der Waals surface area contributed by atoms with Gasteiger partial charge in [0.05, 0.1) is 0 Å². The van der Waals surface area contributed by atoms with Crippen molar-refractivity contribution in [2.45, 2.75) is 57.1 Å². The van der Waals surface area contributed by atoms with Crippen molar-refractivity contribution in [1.82, 2.24) is 5.32 Å². The monoisotopic (exact) mass is 197 g/mol. The Kier molecular flexibility index (Phi) is 3.40. The molecule has 80 valence electrons. The van der Waals surface area contributed by atoms with Crippen molar-refractivity contribution in [3.8, 4) is 0 Å². The molecule has 0 aromatic carbocycles. The van der Waals surface area contributed by atoms with Gasteiger partial charge in [-0.15, -0.1) is 0 Å². The van der Waals surface area contributed by atoms with Gasteiger partial charge in [0.2, 0.25) is 0 Å². The van der Waals surface area contributed by atoms with E-state index in [9.17, 15) is 4.79 Å². The molecule has 2 fully saturated rings. The maximum absolute atomic E-state index is 11.6. The average Bonchev–Trinajstić information content (AvgIpc) is 2.72. The summed E-state index contributed by atoms with van der Waals surface area (Å²) in [5.41, 5.74) is 0. The first kappa shape index (κ1) is 9.97. The lowest BCUT2D eigenvalue weighted by Crippen LogP contribution is -2.35. The van der Waals surface area contributed by atoms with Gasteiger partial charge in [-0.1, -0.05) is 6.42 Å². The summed E-state index contributed by atoms with van der Waals surface area (Å²) in [6.07, 6.45) is 8.13. The van der Waals surface area contributed by atoms with Crippen LogP contribution in [0.2, 0.25) is 0 Å². The summed E-state index contributed by atoms with van der Waals surface area (Å²) in [7, 11) is 0. The van der Waals surface area contributed by atoms with E-state index in [-0.39, 0.29) is 18.1 Å². The van der Waals surface area contributed by atoms with Gasteiger partial charge in [-0.25, -0.2) is 0 Å². The first-order valence-electron chi connectivity index (χ1n) is 5.80. The Morgan fingerprint density at radius 1 is 1.07 bits per heavy atom. The lowest BCUT2D eigenvalue weighted by Gasteiger charge is -2.23. The van der Waals surface area contributed by atoms with Crippen molar-refractivity contribution in [3.63, 3.8) is 0 Å². The minimum absolute atomic E-state index is 0.0167. The summed E-state index contributed by atoms with van der Waals surface area (Å²) in [6.45, 7) is 0.963. The van der Waals surface area contributed by atoms with Crippen molar-refractivity contribution in [2.24, 2.45) is 0 Å². The van der Waals surface area contributed by atoms with Crippen LogP contribution in [0.15, 0.2) is 0 Å². The van der Waals surface area contributed by atoms with Crippen LogP contribution in [0.3, 0.4) is 0 Å². The highest BCUT2D eigenvalue weighted by atomic mass is 16.5. The second-order valence-electron chi connectivity index (χ2n) is 4.35. The number of hydrogen-bond acceptors (Lipinski definition) is 3. The van der Waals surface area contributed by atoms with Gasteiger partial charge in [-0.05, 0) is 45.1 Å². The Hall–Kier alpha value is -0.570. The van der Waals surface area contributed by atoms with E-state index < -0.39 is 0 Å². The SMILES string of the molecule is O=C(OC1CCCCC1)[C@@H]1CCCN1. The lowest BCUT2D eigenvalue weighted by atomic mass is 9.98. The van der Waals surface area contributed by atoms with Crippen LogP contribution in [-0.4, -0.2) is 24.7 Å². The molecule has 0 amide bonds. The van der Waals surface area contributed by atoms with E-state index in [4.69, 9.17) is 4.74 Å². The quantitative estimate of drug-likeness (QED) is 0.683. The maximum atomic E-state index is 11.6. The lowest BCUT2D eigenvalue weighted by molar-refractivity contribution is -0.152. The molecule has 1 aliphatic heterocycles. The highest BCUT2D eigenvalue weighted by Gasteiger charge is 2.26. The zero-order valence-electron chi connectivity index (χ0n) is 8.63. The number of hydrogen-bond donors (Lipinski definition) is 1. The minimum Gasteiger partial charge on any atom is -0.461 e. The van der Waals surface area contributed by atoms with E-state index in [1.165, 1.54) is 19.3 Å². The second-order valence-corrected chi connectivity index (χ2v) is 4.35. The predicted octanol–water partition coefficient (Wildman–Crippen LogP) is 1.61. The Morgan fingerprint density at radius 2 is 1.86 bits per heavy atom. The van der Waals surface area contributed by atoms with Gasteiger partial charge in [0.15, 0.2) is 0 Å². The van der Waals surface area contributed by atoms with E-state index in [0.29, 0.717) is 0 Å². The van der Waals surface area contributed by atoms with E-state index in [0.717, 1.165) is 32.2 Å². The largest absolute Gasteiger partial charge is 0.461 e. The van der Waals surface area contributed by atoms with Crippen molar-refractivity contribution >= 4 is 5.97 Å². The molecule has 1 heterocycles. The third-order valence-corrected chi connectivity index (χ3v) is 3.18. The molecular formula is C11H19NO2. The van der Waals surface area contributed by atoms with Crippen molar-refractivity contribution in [1.29, 1.82) is 0 Å². The smallest absolute Gasteiger partial charge is 0.323 e. The first-order valence-corrected chi connectivity index (χ1v) is 5.80. The molecule has 0 aromatic rings. The van der Waals surface area contributed by atoms with Gasteiger partial charge in [0.1, 0.15) is 12.1 Å². The highest BCUT2D eigenvalue weighted by molar-refractivity contribution is 5.76. The molecule has 0 bridgehead atoms. The summed E-state index contributed by atoms with van der Waals surface area (Å²) < 4.78 is 5.47. The van der Waals surface area contributed by atoms with Gasteiger partial charge >= 0.3 is 5.97 Å². The molecule has 3 heteroatoms. The van der Waals surface area contributed by atoms with E-state index >= 15 is 0 Å².